The van der Waals surface area contributed by atoms with Gasteiger partial charge in [0.05, 0.1) is 19.0 Å². The van der Waals surface area contributed by atoms with E-state index in [9.17, 15) is 9.59 Å². The first kappa shape index (κ1) is 15.7. The summed E-state index contributed by atoms with van der Waals surface area (Å²) in [6.45, 7) is 5.30. The summed E-state index contributed by atoms with van der Waals surface area (Å²) in [4.78, 5) is 23.3. The Morgan fingerprint density at radius 3 is 2.30 bits per heavy atom. The van der Waals surface area contributed by atoms with Gasteiger partial charge in [-0.2, -0.15) is 5.26 Å². The molecule has 0 aliphatic carbocycles. The fraction of sp³-hybridized carbons (Fsp3) is 0.400. The third kappa shape index (κ3) is 5.11. The average Bonchev–Trinajstić information content (AvgIpc) is 2.37. The predicted molar refractivity (Wildman–Crippen MR) is 76.9 cm³/mol. The molecular formula is C15H19N3O2. The van der Waals surface area contributed by atoms with Crippen molar-refractivity contribution in [2.45, 2.75) is 27.2 Å². The van der Waals surface area contributed by atoms with Crippen LogP contribution in [0.2, 0.25) is 0 Å². The van der Waals surface area contributed by atoms with Gasteiger partial charge in [-0.3, -0.25) is 9.59 Å². The van der Waals surface area contributed by atoms with Gasteiger partial charge < -0.3 is 10.6 Å². The van der Waals surface area contributed by atoms with Crippen molar-refractivity contribution < 1.29 is 9.59 Å². The second kappa shape index (κ2) is 6.71. The van der Waals surface area contributed by atoms with Gasteiger partial charge in [0, 0.05) is 11.1 Å². The first-order valence-corrected chi connectivity index (χ1v) is 6.37. The van der Waals surface area contributed by atoms with Gasteiger partial charge in [-0.05, 0) is 17.7 Å². The average molecular weight is 273 g/mol. The van der Waals surface area contributed by atoms with Gasteiger partial charge in [0.1, 0.15) is 0 Å². The van der Waals surface area contributed by atoms with Crippen LogP contribution in [0.5, 0.6) is 0 Å². The van der Waals surface area contributed by atoms with Gasteiger partial charge in [0.25, 0.3) is 0 Å². The fourth-order valence-electron chi connectivity index (χ4n) is 1.43. The van der Waals surface area contributed by atoms with Crippen LogP contribution >= 0.6 is 0 Å². The van der Waals surface area contributed by atoms with Gasteiger partial charge in [-0.25, -0.2) is 0 Å². The predicted octanol–water partition coefficient (Wildman–Crippen LogP) is 1.85. The van der Waals surface area contributed by atoms with Gasteiger partial charge in [0.2, 0.25) is 11.8 Å². The Balaban J connectivity index is 2.47. The highest BCUT2D eigenvalue weighted by Crippen LogP contribution is 2.12. The van der Waals surface area contributed by atoms with Crippen molar-refractivity contribution in [1.82, 2.24) is 5.32 Å². The number of benzene rings is 1. The van der Waals surface area contributed by atoms with Crippen LogP contribution < -0.4 is 10.6 Å². The first-order chi connectivity index (χ1) is 9.32. The van der Waals surface area contributed by atoms with Crippen molar-refractivity contribution in [3.8, 4) is 6.07 Å². The number of nitrogens with zero attached hydrogens (tertiary/aromatic N) is 1. The zero-order chi connectivity index (χ0) is 15.2. The van der Waals surface area contributed by atoms with E-state index < -0.39 is 5.41 Å². The van der Waals surface area contributed by atoms with E-state index in [1.54, 1.807) is 45.0 Å². The Morgan fingerprint density at radius 2 is 1.80 bits per heavy atom. The molecule has 0 bridgehead atoms. The lowest BCUT2D eigenvalue weighted by Crippen LogP contribution is -2.39. The van der Waals surface area contributed by atoms with Crippen LogP contribution in [0.3, 0.4) is 0 Å². The molecule has 0 aromatic heterocycles. The zero-order valence-corrected chi connectivity index (χ0v) is 12.0. The number of amides is 2. The van der Waals surface area contributed by atoms with E-state index in [2.05, 4.69) is 16.7 Å². The standard InChI is InChI=1S/C15H19N3O2/c1-15(2,3)14(20)17-10-13(19)18-12-6-4-11(5-7-12)8-9-16/h4-7H,8,10H2,1-3H3,(H,17,20)(H,18,19). The van der Waals surface area contributed by atoms with Crippen LogP contribution in [0, 0.1) is 16.7 Å². The number of rotatable bonds is 4. The quantitative estimate of drug-likeness (QED) is 0.878. The molecule has 0 atom stereocenters. The summed E-state index contributed by atoms with van der Waals surface area (Å²) >= 11 is 0. The molecule has 5 nitrogen and oxygen atoms in total. The topological polar surface area (TPSA) is 82.0 Å². The third-order valence-corrected chi connectivity index (χ3v) is 2.61. The van der Waals surface area contributed by atoms with Gasteiger partial charge in [-0.1, -0.05) is 32.9 Å². The molecule has 0 aliphatic heterocycles. The number of hydrogen-bond acceptors (Lipinski definition) is 3. The summed E-state index contributed by atoms with van der Waals surface area (Å²) < 4.78 is 0. The number of hydrogen-bond donors (Lipinski definition) is 2. The van der Waals surface area contributed by atoms with Crippen LogP contribution in [-0.4, -0.2) is 18.4 Å². The largest absolute Gasteiger partial charge is 0.347 e. The molecular weight excluding hydrogens is 254 g/mol. The minimum Gasteiger partial charge on any atom is -0.347 e. The van der Waals surface area contributed by atoms with Crippen molar-refractivity contribution in [2.75, 3.05) is 11.9 Å². The Hall–Kier alpha value is -2.35. The van der Waals surface area contributed by atoms with E-state index in [0.717, 1.165) is 5.56 Å². The lowest BCUT2D eigenvalue weighted by Gasteiger charge is -2.17. The highest BCUT2D eigenvalue weighted by Gasteiger charge is 2.21. The summed E-state index contributed by atoms with van der Waals surface area (Å²) in [5, 5.41) is 13.8. The molecule has 1 aromatic rings. The lowest BCUT2D eigenvalue weighted by atomic mass is 9.96. The molecule has 0 heterocycles. The zero-order valence-electron chi connectivity index (χ0n) is 12.0. The Bertz CT molecular complexity index is 522. The van der Waals surface area contributed by atoms with Gasteiger partial charge >= 0.3 is 0 Å². The van der Waals surface area contributed by atoms with Crippen molar-refractivity contribution in [1.29, 1.82) is 5.26 Å². The maximum atomic E-state index is 11.7. The van der Waals surface area contributed by atoms with E-state index in [1.165, 1.54) is 0 Å². The molecule has 2 N–H and O–H groups in total. The molecule has 106 valence electrons. The van der Waals surface area contributed by atoms with Crippen molar-refractivity contribution in [3.05, 3.63) is 29.8 Å². The molecule has 0 aliphatic rings. The second-order valence-electron chi connectivity index (χ2n) is 5.51. The maximum Gasteiger partial charge on any atom is 0.243 e. The molecule has 1 rings (SSSR count). The third-order valence-electron chi connectivity index (χ3n) is 2.61. The van der Waals surface area contributed by atoms with Crippen molar-refractivity contribution >= 4 is 17.5 Å². The van der Waals surface area contributed by atoms with Crippen LogP contribution in [0.25, 0.3) is 0 Å². The van der Waals surface area contributed by atoms with Crippen molar-refractivity contribution in [3.63, 3.8) is 0 Å². The van der Waals surface area contributed by atoms with E-state index in [4.69, 9.17) is 5.26 Å². The molecule has 0 saturated carbocycles. The van der Waals surface area contributed by atoms with Crippen LogP contribution in [0.15, 0.2) is 24.3 Å². The number of carbonyl (C=O) groups is 2. The summed E-state index contributed by atoms with van der Waals surface area (Å²) in [5.74, 6) is -0.451. The smallest absolute Gasteiger partial charge is 0.243 e. The van der Waals surface area contributed by atoms with Crippen molar-refractivity contribution in [2.24, 2.45) is 5.41 Å². The maximum absolute atomic E-state index is 11.7. The van der Waals surface area contributed by atoms with Crippen LogP contribution in [0.4, 0.5) is 5.69 Å². The highest BCUT2D eigenvalue weighted by atomic mass is 16.2. The second-order valence-corrected chi connectivity index (χ2v) is 5.51. The highest BCUT2D eigenvalue weighted by molar-refractivity contribution is 5.95. The SMILES string of the molecule is CC(C)(C)C(=O)NCC(=O)Nc1ccc(CC#N)cc1. The molecule has 0 saturated heterocycles. The minimum atomic E-state index is -0.515. The van der Waals surface area contributed by atoms with E-state index in [-0.39, 0.29) is 18.4 Å². The molecule has 20 heavy (non-hydrogen) atoms. The summed E-state index contributed by atoms with van der Waals surface area (Å²) in [7, 11) is 0. The molecule has 0 spiro atoms. The molecule has 5 heteroatoms. The molecule has 1 aromatic carbocycles. The first-order valence-electron chi connectivity index (χ1n) is 6.37. The summed E-state index contributed by atoms with van der Waals surface area (Å²) in [5.41, 5.74) is 1.02. The summed E-state index contributed by atoms with van der Waals surface area (Å²) in [6.07, 6.45) is 0.343. The van der Waals surface area contributed by atoms with Gasteiger partial charge in [-0.15, -0.1) is 0 Å². The van der Waals surface area contributed by atoms with E-state index >= 15 is 0 Å². The van der Waals surface area contributed by atoms with E-state index in [1.807, 2.05) is 0 Å². The Kier molecular flexibility index (Phi) is 5.27. The molecule has 0 unspecified atom stereocenters. The number of nitriles is 1. The Labute approximate surface area is 119 Å². The monoisotopic (exact) mass is 273 g/mol. The molecule has 0 radical (unpaired) electrons. The van der Waals surface area contributed by atoms with Crippen LogP contribution in [-0.2, 0) is 16.0 Å². The number of carbonyl (C=O) groups excluding carboxylic acids is 2. The van der Waals surface area contributed by atoms with Crippen LogP contribution in [0.1, 0.15) is 26.3 Å². The van der Waals surface area contributed by atoms with Gasteiger partial charge in [0.15, 0.2) is 0 Å². The fourth-order valence-corrected chi connectivity index (χ4v) is 1.43. The number of anilines is 1. The lowest BCUT2D eigenvalue weighted by molar-refractivity contribution is -0.130. The Morgan fingerprint density at radius 1 is 1.20 bits per heavy atom. The van der Waals surface area contributed by atoms with E-state index in [0.29, 0.717) is 12.1 Å². The summed E-state index contributed by atoms with van der Waals surface area (Å²) in [6, 6.07) is 9.09. The normalized spacial score (nSPS) is 10.5. The molecule has 2 amide bonds. The minimum absolute atomic E-state index is 0.0595. The molecule has 0 fully saturated rings. The number of nitrogens with one attached hydrogen (secondary N) is 2.